The highest BCUT2D eigenvalue weighted by atomic mass is 16.6. The van der Waals surface area contributed by atoms with Crippen LogP contribution in [0.25, 0.3) is 0 Å². The molecule has 0 radical (unpaired) electrons. The minimum Gasteiger partial charge on any atom is -0.444 e. The normalized spacial score (nSPS) is 26.6. The van der Waals surface area contributed by atoms with Gasteiger partial charge in [-0.2, -0.15) is 0 Å². The zero-order chi connectivity index (χ0) is 17.9. The van der Waals surface area contributed by atoms with E-state index in [-0.39, 0.29) is 12.1 Å². The lowest BCUT2D eigenvalue weighted by Gasteiger charge is -2.34. The summed E-state index contributed by atoms with van der Waals surface area (Å²) in [4.78, 5) is 16.5. The Morgan fingerprint density at radius 3 is 2.60 bits per heavy atom. The second-order valence-electron chi connectivity index (χ2n) is 8.35. The Hall–Kier alpha value is -1.62. The third kappa shape index (κ3) is 5.18. The van der Waals surface area contributed by atoms with Crippen LogP contribution in [0.2, 0.25) is 0 Å². The molecule has 2 aliphatic rings. The molecular formula is C20H31N3O2. The van der Waals surface area contributed by atoms with Gasteiger partial charge in [-0.05, 0) is 77.3 Å². The SMILES string of the molecule is CC(C)(C)OC(=O)NC1CCC(N[C@H]2CCCc3cccnc32)CC1. The molecule has 5 heteroatoms. The summed E-state index contributed by atoms with van der Waals surface area (Å²) in [5.41, 5.74) is 2.19. The molecule has 5 nitrogen and oxygen atoms in total. The van der Waals surface area contributed by atoms with Crippen LogP contribution >= 0.6 is 0 Å². The molecule has 1 aromatic rings. The maximum atomic E-state index is 11.9. The molecule has 2 aliphatic carbocycles. The molecule has 1 saturated carbocycles. The lowest BCUT2D eigenvalue weighted by Crippen LogP contribution is -2.45. The van der Waals surface area contributed by atoms with Crippen molar-refractivity contribution in [2.75, 3.05) is 0 Å². The first-order chi connectivity index (χ1) is 11.9. The standard InChI is InChI=1S/C20H31N3O2/c1-20(2,3)25-19(24)23-16-11-9-15(10-12-16)22-17-8-4-6-14-7-5-13-21-18(14)17/h5,7,13,15-17,22H,4,6,8-12H2,1-3H3,(H,23,24)/t15?,16?,17-/m0/s1. The summed E-state index contributed by atoms with van der Waals surface area (Å²) in [6.07, 6.45) is 9.31. The van der Waals surface area contributed by atoms with Gasteiger partial charge < -0.3 is 15.4 Å². The van der Waals surface area contributed by atoms with Gasteiger partial charge in [0.2, 0.25) is 0 Å². The number of pyridine rings is 1. The van der Waals surface area contributed by atoms with E-state index in [2.05, 4.69) is 21.7 Å². The third-order valence-corrected chi connectivity index (χ3v) is 5.08. The Balaban J connectivity index is 1.47. The van der Waals surface area contributed by atoms with Gasteiger partial charge in [-0.1, -0.05) is 6.07 Å². The van der Waals surface area contributed by atoms with Gasteiger partial charge in [-0.15, -0.1) is 0 Å². The zero-order valence-corrected chi connectivity index (χ0v) is 15.7. The second-order valence-corrected chi connectivity index (χ2v) is 8.35. The molecule has 1 aromatic heterocycles. The number of hydrogen-bond donors (Lipinski definition) is 2. The summed E-state index contributed by atoms with van der Waals surface area (Å²) in [7, 11) is 0. The van der Waals surface area contributed by atoms with Gasteiger partial charge in [-0.25, -0.2) is 4.79 Å². The molecular weight excluding hydrogens is 314 g/mol. The van der Waals surface area contributed by atoms with Crippen molar-refractivity contribution in [3.63, 3.8) is 0 Å². The van der Waals surface area contributed by atoms with Gasteiger partial charge in [0.05, 0.1) is 5.69 Å². The fraction of sp³-hybridized carbons (Fsp3) is 0.700. The highest BCUT2D eigenvalue weighted by molar-refractivity contribution is 5.68. The minimum absolute atomic E-state index is 0.227. The Labute approximate surface area is 150 Å². The topological polar surface area (TPSA) is 63.2 Å². The number of nitrogens with zero attached hydrogens (tertiary/aromatic N) is 1. The summed E-state index contributed by atoms with van der Waals surface area (Å²) in [6.45, 7) is 5.68. The van der Waals surface area contributed by atoms with Gasteiger partial charge in [0.15, 0.2) is 0 Å². The Kier molecular flexibility index (Phi) is 5.62. The van der Waals surface area contributed by atoms with E-state index >= 15 is 0 Å². The van der Waals surface area contributed by atoms with Crippen LogP contribution in [0.3, 0.4) is 0 Å². The number of carbonyl (C=O) groups is 1. The molecule has 138 valence electrons. The lowest BCUT2D eigenvalue weighted by molar-refractivity contribution is 0.0489. The van der Waals surface area contributed by atoms with Crippen molar-refractivity contribution < 1.29 is 9.53 Å². The minimum atomic E-state index is -0.440. The zero-order valence-electron chi connectivity index (χ0n) is 15.7. The number of ether oxygens (including phenoxy) is 1. The van der Waals surface area contributed by atoms with Crippen LogP contribution in [0.1, 0.15) is 76.6 Å². The van der Waals surface area contributed by atoms with E-state index in [1.54, 1.807) is 0 Å². The quantitative estimate of drug-likeness (QED) is 0.872. The number of aryl methyl sites for hydroxylation is 1. The first kappa shape index (κ1) is 18.2. The highest BCUT2D eigenvalue weighted by Gasteiger charge is 2.28. The molecule has 1 heterocycles. The maximum absolute atomic E-state index is 11.9. The van der Waals surface area contributed by atoms with E-state index in [1.165, 1.54) is 24.1 Å². The van der Waals surface area contributed by atoms with Gasteiger partial charge in [-0.3, -0.25) is 4.98 Å². The summed E-state index contributed by atoms with van der Waals surface area (Å²) >= 11 is 0. The average molecular weight is 345 g/mol. The van der Waals surface area contributed by atoms with Gasteiger partial charge in [0.25, 0.3) is 0 Å². The molecule has 1 atom stereocenters. The molecule has 3 rings (SSSR count). The first-order valence-corrected chi connectivity index (χ1v) is 9.60. The molecule has 0 saturated heterocycles. The van der Waals surface area contributed by atoms with Gasteiger partial charge in [0.1, 0.15) is 5.60 Å². The molecule has 0 spiro atoms. The van der Waals surface area contributed by atoms with Gasteiger partial charge in [0, 0.05) is 24.3 Å². The summed E-state index contributed by atoms with van der Waals surface area (Å²) in [5.74, 6) is 0. The fourth-order valence-electron chi connectivity index (χ4n) is 3.93. The van der Waals surface area contributed by atoms with Crippen molar-refractivity contribution in [1.82, 2.24) is 15.6 Å². The monoisotopic (exact) mass is 345 g/mol. The summed E-state index contributed by atoms with van der Waals surface area (Å²) in [5, 5.41) is 6.83. The van der Waals surface area contributed by atoms with Crippen LogP contribution in [0.15, 0.2) is 18.3 Å². The van der Waals surface area contributed by atoms with Crippen molar-refractivity contribution in [1.29, 1.82) is 0 Å². The molecule has 0 unspecified atom stereocenters. The number of hydrogen-bond acceptors (Lipinski definition) is 4. The number of carbonyl (C=O) groups excluding carboxylic acids is 1. The highest BCUT2D eigenvalue weighted by Crippen LogP contribution is 2.30. The van der Waals surface area contributed by atoms with E-state index < -0.39 is 5.60 Å². The number of nitrogens with one attached hydrogen (secondary N) is 2. The van der Waals surface area contributed by atoms with E-state index in [9.17, 15) is 4.79 Å². The summed E-state index contributed by atoms with van der Waals surface area (Å²) < 4.78 is 5.35. The maximum Gasteiger partial charge on any atom is 0.407 e. The molecule has 0 bridgehead atoms. The number of alkyl carbamates (subject to hydrolysis) is 1. The van der Waals surface area contributed by atoms with Crippen molar-refractivity contribution in [3.05, 3.63) is 29.6 Å². The van der Waals surface area contributed by atoms with Crippen molar-refractivity contribution in [3.8, 4) is 0 Å². The lowest BCUT2D eigenvalue weighted by atomic mass is 9.87. The molecule has 1 fully saturated rings. The predicted molar refractivity (Wildman–Crippen MR) is 98.5 cm³/mol. The third-order valence-electron chi connectivity index (χ3n) is 5.08. The Morgan fingerprint density at radius 2 is 1.88 bits per heavy atom. The number of aromatic nitrogens is 1. The largest absolute Gasteiger partial charge is 0.444 e. The van der Waals surface area contributed by atoms with Crippen LogP contribution in [0.5, 0.6) is 0 Å². The average Bonchev–Trinajstić information content (AvgIpc) is 2.55. The number of rotatable bonds is 3. The Bertz CT molecular complexity index is 589. The van der Waals surface area contributed by atoms with E-state index in [4.69, 9.17) is 4.74 Å². The molecule has 0 aliphatic heterocycles. The first-order valence-electron chi connectivity index (χ1n) is 9.60. The van der Waals surface area contributed by atoms with Crippen LogP contribution in [-0.2, 0) is 11.2 Å². The van der Waals surface area contributed by atoms with Crippen LogP contribution < -0.4 is 10.6 Å². The van der Waals surface area contributed by atoms with Crippen molar-refractivity contribution >= 4 is 6.09 Å². The predicted octanol–water partition coefficient (Wildman–Crippen LogP) is 3.88. The van der Waals surface area contributed by atoms with Gasteiger partial charge >= 0.3 is 6.09 Å². The van der Waals surface area contributed by atoms with Crippen LogP contribution in [0.4, 0.5) is 4.79 Å². The smallest absolute Gasteiger partial charge is 0.407 e. The van der Waals surface area contributed by atoms with E-state index in [1.807, 2.05) is 33.0 Å². The van der Waals surface area contributed by atoms with Crippen LogP contribution in [0, 0.1) is 0 Å². The van der Waals surface area contributed by atoms with Crippen molar-refractivity contribution in [2.45, 2.75) is 89.4 Å². The summed E-state index contributed by atoms with van der Waals surface area (Å²) in [6, 6.07) is 5.36. The fourth-order valence-corrected chi connectivity index (χ4v) is 3.93. The molecule has 0 aromatic carbocycles. The van der Waals surface area contributed by atoms with E-state index in [0.29, 0.717) is 12.1 Å². The second kappa shape index (κ2) is 7.73. The van der Waals surface area contributed by atoms with E-state index in [0.717, 1.165) is 32.1 Å². The van der Waals surface area contributed by atoms with Crippen molar-refractivity contribution in [2.24, 2.45) is 0 Å². The number of amides is 1. The Morgan fingerprint density at radius 1 is 1.16 bits per heavy atom. The molecule has 25 heavy (non-hydrogen) atoms. The van der Waals surface area contributed by atoms with Crippen LogP contribution in [-0.4, -0.2) is 28.8 Å². The molecule has 1 amide bonds. The number of fused-ring (bicyclic) bond motifs is 1. The molecule has 2 N–H and O–H groups in total.